The molecule has 3 heteroatoms. The van der Waals surface area contributed by atoms with Gasteiger partial charge in [0.15, 0.2) is 0 Å². The third-order valence-electron chi connectivity index (χ3n) is 6.74. The Morgan fingerprint density at radius 3 is 2.28 bits per heavy atom. The zero-order valence-corrected chi connectivity index (χ0v) is 17.0. The highest BCUT2D eigenvalue weighted by atomic mass is 16.3. The highest BCUT2D eigenvalue weighted by Crippen LogP contribution is 2.40. The van der Waals surface area contributed by atoms with E-state index in [2.05, 4.69) is 95.4 Å². The lowest BCUT2D eigenvalue weighted by Crippen LogP contribution is -1.91. The average molecular weight is 408 g/mol. The van der Waals surface area contributed by atoms with Crippen LogP contribution in [-0.2, 0) is 0 Å². The standard InChI is InChI=1S/C29H16N2O/c1-2-8-18-17(7-1)13-14-26-28(18)22-15-20-19-9-3-5-11-24(19)31-25-12-6-4-10-23(25)30-29(31)21(20)16-27(22)32-26/h1-16H. The van der Waals surface area contributed by atoms with Gasteiger partial charge in [-0.1, -0.05) is 60.7 Å². The van der Waals surface area contributed by atoms with Crippen molar-refractivity contribution in [2.24, 2.45) is 0 Å². The summed E-state index contributed by atoms with van der Waals surface area (Å²) in [7, 11) is 0. The normalized spacial score (nSPS) is 12.4. The van der Waals surface area contributed by atoms with E-state index in [-0.39, 0.29) is 0 Å². The van der Waals surface area contributed by atoms with Crippen molar-refractivity contribution < 1.29 is 4.42 Å². The molecule has 0 aliphatic carbocycles. The largest absolute Gasteiger partial charge is 0.456 e. The molecule has 3 aromatic heterocycles. The van der Waals surface area contributed by atoms with E-state index in [1.54, 1.807) is 0 Å². The molecule has 0 amide bonds. The van der Waals surface area contributed by atoms with Crippen LogP contribution in [0.4, 0.5) is 0 Å². The fourth-order valence-corrected chi connectivity index (χ4v) is 5.35. The Hall–Kier alpha value is -4.37. The third kappa shape index (κ3) is 1.94. The van der Waals surface area contributed by atoms with Crippen molar-refractivity contribution in [3.8, 4) is 0 Å². The summed E-state index contributed by atoms with van der Waals surface area (Å²) in [5.74, 6) is 0. The molecule has 148 valence electrons. The molecule has 8 rings (SSSR count). The number of benzene rings is 5. The number of nitrogens with zero attached hydrogens (tertiary/aromatic N) is 2. The van der Waals surface area contributed by atoms with Gasteiger partial charge in [0.05, 0.1) is 16.6 Å². The Morgan fingerprint density at radius 1 is 0.562 bits per heavy atom. The summed E-state index contributed by atoms with van der Waals surface area (Å²) in [5.41, 5.74) is 6.07. The summed E-state index contributed by atoms with van der Waals surface area (Å²) in [4.78, 5) is 5.03. The first-order chi connectivity index (χ1) is 15.9. The number of fused-ring (bicyclic) bond motifs is 13. The minimum absolute atomic E-state index is 0.896. The molecule has 32 heavy (non-hydrogen) atoms. The van der Waals surface area contributed by atoms with Crippen LogP contribution in [0.25, 0.3) is 71.1 Å². The molecule has 0 radical (unpaired) electrons. The topological polar surface area (TPSA) is 30.4 Å². The van der Waals surface area contributed by atoms with E-state index in [1.807, 2.05) is 6.07 Å². The van der Waals surface area contributed by atoms with E-state index in [1.165, 1.54) is 32.4 Å². The molecule has 0 bridgehead atoms. The van der Waals surface area contributed by atoms with E-state index in [0.29, 0.717) is 0 Å². The Bertz CT molecular complexity index is 2040. The maximum atomic E-state index is 6.37. The van der Waals surface area contributed by atoms with E-state index >= 15 is 0 Å². The lowest BCUT2D eigenvalue weighted by molar-refractivity contribution is 0.670. The minimum Gasteiger partial charge on any atom is -0.456 e. The van der Waals surface area contributed by atoms with Crippen LogP contribution in [0.3, 0.4) is 0 Å². The number of para-hydroxylation sites is 3. The van der Waals surface area contributed by atoms with Gasteiger partial charge in [0.2, 0.25) is 0 Å². The van der Waals surface area contributed by atoms with Gasteiger partial charge in [0.1, 0.15) is 16.8 Å². The maximum Gasteiger partial charge on any atom is 0.146 e. The smallest absolute Gasteiger partial charge is 0.146 e. The monoisotopic (exact) mass is 408 g/mol. The SMILES string of the molecule is c1ccc2c(c1)ccc1oc3cc4c(cc3c12)c1ccccc1n1c2ccccc2nc41. The number of hydrogen-bond acceptors (Lipinski definition) is 2. The average Bonchev–Trinajstić information content (AvgIpc) is 3.42. The van der Waals surface area contributed by atoms with Gasteiger partial charge in [0.25, 0.3) is 0 Å². The van der Waals surface area contributed by atoms with Crippen molar-refractivity contribution in [3.63, 3.8) is 0 Å². The Labute approximate surface area is 182 Å². The Kier molecular flexibility index (Phi) is 2.89. The molecule has 0 aliphatic rings. The number of hydrogen-bond donors (Lipinski definition) is 0. The molecule has 0 aliphatic heterocycles. The molecule has 0 N–H and O–H groups in total. The van der Waals surface area contributed by atoms with Crippen molar-refractivity contribution in [2.75, 3.05) is 0 Å². The second-order valence-corrected chi connectivity index (χ2v) is 8.43. The van der Waals surface area contributed by atoms with Gasteiger partial charge in [-0.2, -0.15) is 0 Å². The van der Waals surface area contributed by atoms with Gasteiger partial charge in [-0.15, -0.1) is 0 Å². The zero-order chi connectivity index (χ0) is 20.8. The zero-order valence-electron chi connectivity index (χ0n) is 17.0. The number of aromatic nitrogens is 2. The summed E-state index contributed by atoms with van der Waals surface area (Å²) in [5, 5.41) is 8.30. The van der Waals surface area contributed by atoms with Gasteiger partial charge >= 0.3 is 0 Å². The molecule has 0 saturated carbocycles. The molecular weight excluding hydrogens is 392 g/mol. The first-order valence-corrected chi connectivity index (χ1v) is 10.8. The predicted molar refractivity (Wildman–Crippen MR) is 132 cm³/mol. The molecule has 0 saturated heterocycles. The number of imidazole rings is 1. The molecule has 0 unspecified atom stereocenters. The molecule has 0 spiro atoms. The maximum absolute atomic E-state index is 6.37. The predicted octanol–water partition coefficient (Wildman–Crippen LogP) is 7.85. The minimum atomic E-state index is 0.896. The van der Waals surface area contributed by atoms with Crippen molar-refractivity contribution >= 4 is 71.1 Å². The van der Waals surface area contributed by atoms with E-state index in [4.69, 9.17) is 9.40 Å². The quantitative estimate of drug-likeness (QED) is 0.239. The van der Waals surface area contributed by atoms with Crippen LogP contribution in [0, 0.1) is 0 Å². The van der Waals surface area contributed by atoms with Crippen LogP contribution < -0.4 is 0 Å². The van der Waals surface area contributed by atoms with E-state index in [9.17, 15) is 0 Å². The Morgan fingerprint density at radius 2 is 1.34 bits per heavy atom. The third-order valence-corrected chi connectivity index (χ3v) is 6.74. The van der Waals surface area contributed by atoms with Gasteiger partial charge in [-0.05, 0) is 52.6 Å². The first kappa shape index (κ1) is 16.3. The lowest BCUT2D eigenvalue weighted by atomic mass is 10.00. The highest BCUT2D eigenvalue weighted by molar-refractivity contribution is 6.24. The van der Waals surface area contributed by atoms with Crippen LogP contribution in [0.1, 0.15) is 0 Å². The molecule has 0 fully saturated rings. The van der Waals surface area contributed by atoms with Gasteiger partial charge < -0.3 is 4.42 Å². The van der Waals surface area contributed by atoms with Crippen LogP contribution in [-0.4, -0.2) is 9.38 Å². The highest BCUT2D eigenvalue weighted by Gasteiger charge is 2.17. The number of pyridine rings is 1. The van der Waals surface area contributed by atoms with Gasteiger partial charge in [-0.25, -0.2) is 4.98 Å². The second kappa shape index (κ2) is 5.65. The lowest BCUT2D eigenvalue weighted by Gasteiger charge is -2.09. The summed E-state index contributed by atoms with van der Waals surface area (Å²) in [6, 6.07) is 34.1. The second-order valence-electron chi connectivity index (χ2n) is 8.43. The Balaban J connectivity index is 1.68. The number of rotatable bonds is 0. The van der Waals surface area contributed by atoms with Crippen LogP contribution in [0.2, 0.25) is 0 Å². The fraction of sp³-hybridized carbons (Fsp3) is 0. The molecule has 0 atom stereocenters. The van der Waals surface area contributed by atoms with Crippen molar-refractivity contribution in [2.45, 2.75) is 0 Å². The van der Waals surface area contributed by atoms with Crippen LogP contribution in [0.5, 0.6) is 0 Å². The summed E-state index contributed by atoms with van der Waals surface area (Å²) in [6.07, 6.45) is 0. The van der Waals surface area contributed by atoms with Crippen molar-refractivity contribution in [1.82, 2.24) is 9.38 Å². The first-order valence-electron chi connectivity index (χ1n) is 10.8. The van der Waals surface area contributed by atoms with Gasteiger partial charge in [0, 0.05) is 21.5 Å². The molecule has 5 aromatic carbocycles. The number of furan rings is 1. The fourth-order valence-electron chi connectivity index (χ4n) is 5.35. The van der Waals surface area contributed by atoms with Gasteiger partial charge in [-0.3, -0.25) is 4.40 Å². The van der Waals surface area contributed by atoms with Crippen molar-refractivity contribution in [3.05, 3.63) is 97.1 Å². The molecule has 3 nitrogen and oxygen atoms in total. The molecule has 8 aromatic rings. The summed E-state index contributed by atoms with van der Waals surface area (Å²) < 4.78 is 8.64. The van der Waals surface area contributed by atoms with Crippen LogP contribution in [0.15, 0.2) is 101 Å². The summed E-state index contributed by atoms with van der Waals surface area (Å²) in [6.45, 7) is 0. The molecule has 3 heterocycles. The van der Waals surface area contributed by atoms with Crippen molar-refractivity contribution in [1.29, 1.82) is 0 Å². The van der Waals surface area contributed by atoms with E-state index in [0.717, 1.165) is 38.6 Å². The molecular formula is C29H16N2O. The summed E-state index contributed by atoms with van der Waals surface area (Å²) >= 11 is 0. The van der Waals surface area contributed by atoms with Crippen LogP contribution >= 0.6 is 0 Å². The van der Waals surface area contributed by atoms with E-state index < -0.39 is 0 Å².